The Hall–Kier alpha value is -1.76. The highest BCUT2D eigenvalue weighted by Crippen LogP contribution is 2.31. The van der Waals surface area contributed by atoms with Crippen LogP contribution < -0.4 is 0 Å². The van der Waals surface area contributed by atoms with E-state index >= 15 is 0 Å². The Balaban J connectivity index is 1.97. The molecule has 1 fully saturated rings. The van der Waals surface area contributed by atoms with Crippen molar-refractivity contribution in [2.24, 2.45) is 0 Å². The van der Waals surface area contributed by atoms with Crippen molar-refractivity contribution in [2.45, 2.75) is 38.0 Å². The second-order valence-corrected chi connectivity index (χ2v) is 5.85. The zero-order valence-corrected chi connectivity index (χ0v) is 12.7. The molecule has 0 bridgehead atoms. The van der Waals surface area contributed by atoms with Gasteiger partial charge in [-0.3, -0.25) is 4.90 Å². The van der Waals surface area contributed by atoms with Gasteiger partial charge in [0.05, 0.1) is 36.8 Å². The largest absolute Gasteiger partial charge is 0.394 e. The number of hydrogen-bond donors (Lipinski definition) is 2. The molecular weight excluding hydrogens is 280 g/mol. The van der Waals surface area contributed by atoms with E-state index in [9.17, 15) is 10.2 Å². The summed E-state index contributed by atoms with van der Waals surface area (Å²) in [6.07, 6.45) is 4.69. The molecule has 2 heterocycles. The summed E-state index contributed by atoms with van der Waals surface area (Å²) in [5, 5.41) is 28.4. The second kappa shape index (κ2) is 6.56. The van der Waals surface area contributed by atoms with Crippen LogP contribution in [0.5, 0.6) is 0 Å². The molecule has 3 atom stereocenters. The molecule has 1 aromatic heterocycles. The summed E-state index contributed by atoms with van der Waals surface area (Å²) >= 11 is 0. The molecule has 1 aliphatic rings. The molecule has 22 heavy (non-hydrogen) atoms. The third-order valence-electron chi connectivity index (χ3n) is 4.41. The highest BCUT2D eigenvalue weighted by Gasteiger charge is 2.31. The Kier molecular flexibility index (Phi) is 4.52. The van der Waals surface area contributed by atoms with Crippen LogP contribution in [-0.2, 0) is 0 Å². The molecule has 1 aromatic carbocycles. The summed E-state index contributed by atoms with van der Waals surface area (Å²) in [6.45, 7) is 2.71. The standard InChI is InChI=1S/C16H22N4O2/c1-12-6-7-13(22)10-19(12)16(11-21)14-4-2-3-5-15(14)20-17-8-9-18-20/h2-5,8-9,12-13,16,21-22H,6-7,10-11H2,1H3. The monoisotopic (exact) mass is 302 g/mol. The topological polar surface area (TPSA) is 74.4 Å². The molecule has 0 radical (unpaired) electrons. The van der Waals surface area contributed by atoms with Crippen LogP contribution in [0.15, 0.2) is 36.7 Å². The third-order valence-corrected chi connectivity index (χ3v) is 4.41. The summed E-state index contributed by atoms with van der Waals surface area (Å²) in [5.41, 5.74) is 1.83. The molecule has 118 valence electrons. The Morgan fingerprint density at radius 2 is 1.95 bits per heavy atom. The van der Waals surface area contributed by atoms with E-state index in [-0.39, 0.29) is 18.8 Å². The lowest BCUT2D eigenvalue weighted by atomic mass is 9.95. The SMILES string of the molecule is CC1CCC(O)CN1C(CO)c1ccccc1-n1nccn1. The van der Waals surface area contributed by atoms with E-state index in [4.69, 9.17) is 0 Å². The average molecular weight is 302 g/mol. The molecular formula is C16H22N4O2. The van der Waals surface area contributed by atoms with Crippen LogP contribution in [0.3, 0.4) is 0 Å². The van der Waals surface area contributed by atoms with Crippen LogP contribution in [0.2, 0.25) is 0 Å². The van der Waals surface area contributed by atoms with Gasteiger partial charge in [-0.15, -0.1) is 0 Å². The molecule has 1 aliphatic heterocycles. The highest BCUT2D eigenvalue weighted by atomic mass is 16.3. The summed E-state index contributed by atoms with van der Waals surface area (Å²) in [4.78, 5) is 3.75. The van der Waals surface area contributed by atoms with Gasteiger partial charge in [-0.05, 0) is 31.4 Å². The minimum atomic E-state index is -0.333. The average Bonchev–Trinajstić information content (AvgIpc) is 3.06. The quantitative estimate of drug-likeness (QED) is 0.886. The fraction of sp³-hybridized carbons (Fsp3) is 0.500. The Labute approximate surface area is 130 Å². The highest BCUT2D eigenvalue weighted by molar-refractivity contribution is 5.41. The fourth-order valence-electron chi connectivity index (χ4n) is 3.22. The van der Waals surface area contributed by atoms with E-state index in [2.05, 4.69) is 22.0 Å². The van der Waals surface area contributed by atoms with Crippen molar-refractivity contribution in [1.29, 1.82) is 0 Å². The summed E-state index contributed by atoms with van der Waals surface area (Å²) in [5.74, 6) is 0. The molecule has 0 amide bonds. The van der Waals surface area contributed by atoms with Crippen molar-refractivity contribution in [2.75, 3.05) is 13.2 Å². The van der Waals surface area contributed by atoms with Gasteiger partial charge < -0.3 is 10.2 Å². The fourth-order valence-corrected chi connectivity index (χ4v) is 3.22. The van der Waals surface area contributed by atoms with Gasteiger partial charge in [0.15, 0.2) is 0 Å². The second-order valence-electron chi connectivity index (χ2n) is 5.85. The maximum absolute atomic E-state index is 9.99. The van der Waals surface area contributed by atoms with Crippen LogP contribution in [-0.4, -0.2) is 55.4 Å². The van der Waals surface area contributed by atoms with Gasteiger partial charge >= 0.3 is 0 Å². The van der Waals surface area contributed by atoms with Crippen molar-refractivity contribution in [3.63, 3.8) is 0 Å². The molecule has 6 heteroatoms. The van der Waals surface area contributed by atoms with E-state index in [1.807, 2.05) is 24.3 Å². The first-order chi connectivity index (χ1) is 10.7. The van der Waals surface area contributed by atoms with Crippen molar-refractivity contribution in [3.05, 3.63) is 42.2 Å². The summed E-state index contributed by atoms with van der Waals surface area (Å²) in [6, 6.07) is 7.98. The van der Waals surface area contributed by atoms with Gasteiger partial charge in [0.1, 0.15) is 0 Å². The first-order valence-electron chi connectivity index (χ1n) is 7.71. The molecule has 0 saturated carbocycles. The van der Waals surface area contributed by atoms with Crippen LogP contribution in [0.25, 0.3) is 5.69 Å². The van der Waals surface area contributed by atoms with E-state index in [1.165, 1.54) is 0 Å². The molecule has 3 rings (SSSR count). The minimum Gasteiger partial charge on any atom is -0.394 e. The normalized spacial score (nSPS) is 24.3. The number of para-hydroxylation sites is 1. The number of piperidine rings is 1. The molecule has 2 aromatic rings. The number of aliphatic hydroxyl groups is 2. The molecule has 0 spiro atoms. The number of benzene rings is 1. The Morgan fingerprint density at radius 1 is 1.23 bits per heavy atom. The van der Waals surface area contributed by atoms with E-state index < -0.39 is 0 Å². The Bertz CT molecular complexity index is 602. The van der Waals surface area contributed by atoms with E-state index in [1.54, 1.807) is 17.2 Å². The Morgan fingerprint density at radius 3 is 2.68 bits per heavy atom. The number of hydrogen-bond acceptors (Lipinski definition) is 5. The molecule has 2 N–H and O–H groups in total. The zero-order chi connectivity index (χ0) is 15.5. The lowest BCUT2D eigenvalue weighted by Crippen LogP contribution is -2.47. The maximum Gasteiger partial charge on any atom is 0.0905 e. The van der Waals surface area contributed by atoms with Gasteiger partial charge in [0.2, 0.25) is 0 Å². The van der Waals surface area contributed by atoms with Crippen molar-refractivity contribution in [3.8, 4) is 5.69 Å². The lowest BCUT2D eigenvalue weighted by Gasteiger charge is -2.41. The predicted molar refractivity (Wildman–Crippen MR) is 82.6 cm³/mol. The zero-order valence-electron chi connectivity index (χ0n) is 12.7. The van der Waals surface area contributed by atoms with Crippen molar-refractivity contribution >= 4 is 0 Å². The van der Waals surface area contributed by atoms with Gasteiger partial charge in [0.25, 0.3) is 0 Å². The van der Waals surface area contributed by atoms with Crippen molar-refractivity contribution < 1.29 is 10.2 Å². The number of aliphatic hydroxyl groups excluding tert-OH is 2. The van der Waals surface area contributed by atoms with Gasteiger partial charge in [0, 0.05) is 12.6 Å². The predicted octanol–water partition coefficient (Wildman–Crippen LogP) is 1.15. The van der Waals surface area contributed by atoms with Gasteiger partial charge in [-0.1, -0.05) is 18.2 Å². The van der Waals surface area contributed by atoms with Crippen LogP contribution in [0.1, 0.15) is 31.4 Å². The molecule has 0 aliphatic carbocycles. The third kappa shape index (κ3) is 2.90. The number of aromatic nitrogens is 3. The van der Waals surface area contributed by atoms with Crippen LogP contribution in [0.4, 0.5) is 0 Å². The molecule has 1 saturated heterocycles. The van der Waals surface area contributed by atoms with Gasteiger partial charge in [-0.25, -0.2) is 0 Å². The first kappa shape index (κ1) is 15.1. The number of rotatable bonds is 4. The van der Waals surface area contributed by atoms with Gasteiger partial charge in [-0.2, -0.15) is 15.0 Å². The summed E-state index contributed by atoms with van der Waals surface area (Å²) in [7, 11) is 0. The number of likely N-dealkylation sites (tertiary alicyclic amines) is 1. The smallest absolute Gasteiger partial charge is 0.0905 e. The van der Waals surface area contributed by atoms with E-state index in [0.717, 1.165) is 24.1 Å². The molecule has 3 unspecified atom stereocenters. The van der Waals surface area contributed by atoms with Crippen LogP contribution >= 0.6 is 0 Å². The summed E-state index contributed by atoms with van der Waals surface area (Å²) < 4.78 is 0. The van der Waals surface area contributed by atoms with E-state index in [0.29, 0.717) is 12.6 Å². The first-order valence-corrected chi connectivity index (χ1v) is 7.71. The van der Waals surface area contributed by atoms with Crippen molar-refractivity contribution in [1.82, 2.24) is 19.9 Å². The lowest BCUT2D eigenvalue weighted by molar-refractivity contribution is -0.00214. The van der Waals surface area contributed by atoms with Crippen LogP contribution in [0, 0.1) is 0 Å². The number of β-amino-alcohol motifs (C(OH)–C–C–N with tert-alkyl or cyclic N) is 1. The molecule has 6 nitrogen and oxygen atoms in total. The maximum atomic E-state index is 9.99. The number of nitrogens with zero attached hydrogens (tertiary/aromatic N) is 4. The minimum absolute atomic E-state index is 0.00462.